The molecule has 0 atom stereocenters. The van der Waals surface area contributed by atoms with Crippen LogP contribution in [0, 0.1) is 0 Å². The van der Waals surface area contributed by atoms with Crippen LogP contribution in [-0.4, -0.2) is 36.1 Å². The van der Waals surface area contributed by atoms with Crippen LogP contribution in [0.3, 0.4) is 0 Å². The van der Waals surface area contributed by atoms with Crippen LogP contribution in [0.1, 0.15) is 12.8 Å². The molecule has 0 unspecified atom stereocenters. The first kappa shape index (κ1) is 12.2. The van der Waals surface area contributed by atoms with Crippen LogP contribution in [0.5, 0.6) is 0 Å². The van der Waals surface area contributed by atoms with Gasteiger partial charge in [-0.3, -0.25) is 9.59 Å². The number of carboxylic acid groups (broad SMARTS) is 1. The molecule has 0 aliphatic carbocycles. The smallest absolute Gasteiger partial charge is 0.323 e. The SMILES string of the molecule is NC(=O)CCCNC(=O)NCC(=O)O. The van der Waals surface area contributed by atoms with E-state index in [4.69, 9.17) is 10.8 Å². The average molecular weight is 203 g/mol. The highest BCUT2D eigenvalue weighted by Crippen LogP contribution is 1.83. The van der Waals surface area contributed by atoms with E-state index in [1.54, 1.807) is 0 Å². The van der Waals surface area contributed by atoms with Crippen molar-refractivity contribution in [2.45, 2.75) is 12.8 Å². The van der Waals surface area contributed by atoms with E-state index in [0.717, 1.165) is 0 Å². The number of rotatable bonds is 6. The Balaban J connectivity index is 3.36. The van der Waals surface area contributed by atoms with E-state index in [9.17, 15) is 14.4 Å². The number of carbonyl (C=O) groups is 3. The van der Waals surface area contributed by atoms with Gasteiger partial charge in [0.05, 0.1) is 0 Å². The third-order valence-electron chi connectivity index (χ3n) is 1.29. The van der Waals surface area contributed by atoms with E-state index < -0.39 is 24.5 Å². The maximum atomic E-state index is 10.8. The summed E-state index contributed by atoms with van der Waals surface area (Å²) in [6.07, 6.45) is 0.634. The van der Waals surface area contributed by atoms with Gasteiger partial charge < -0.3 is 21.5 Å². The van der Waals surface area contributed by atoms with Gasteiger partial charge in [0, 0.05) is 13.0 Å². The molecule has 0 spiro atoms. The molecule has 0 fully saturated rings. The Labute approximate surface area is 80.6 Å². The number of aliphatic carboxylic acids is 1. The Morgan fingerprint density at radius 2 is 1.86 bits per heavy atom. The lowest BCUT2D eigenvalue weighted by Gasteiger charge is -2.04. The number of hydrogen-bond donors (Lipinski definition) is 4. The topological polar surface area (TPSA) is 122 Å². The number of amides is 3. The van der Waals surface area contributed by atoms with Crippen LogP contribution in [0.4, 0.5) is 4.79 Å². The minimum atomic E-state index is -1.11. The number of hydrogen-bond acceptors (Lipinski definition) is 3. The van der Waals surface area contributed by atoms with Crippen molar-refractivity contribution in [3.05, 3.63) is 0 Å². The first-order valence-corrected chi connectivity index (χ1v) is 4.04. The molecular formula is C7H13N3O4. The monoisotopic (exact) mass is 203 g/mol. The second kappa shape index (κ2) is 6.70. The average Bonchev–Trinajstić information content (AvgIpc) is 2.08. The van der Waals surface area contributed by atoms with Crippen LogP contribution in [0.25, 0.3) is 0 Å². The van der Waals surface area contributed by atoms with Gasteiger partial charge >= 0.3 is 12.0 Å². The molecule has 7 heteroatoms. The lowest BCUT2D eigenvalue weighted by atomic mass is 10.3. The normalized spacial score (nSPS) is 9.14. The van der Waals surface area contributed by atoms with Crippen LogP contribution < -0.4 is 16.4 Å². The maximum absolute atomic E-state index is 10.8. The molecule has 0 aliphatic heterocycles. The molecule has 7 nitrogen and oxygen atoms in total. The predicted molar refractivity (Wildman–Crippen MR) is 47.5 cm³/mol. The van der Waals surface area contributed by atoms with Crippen molar-refractivity contribution < 1.29 is 19.5 Å². The van der Waals surface area contributed by atoms with Crippen LogP contribution >= 0.6 is 0 Å². The number of carboxylic acids is 1. The lowest BCUT2D eigenvalue weighted by molar-refractivity contribution is -0.135. The minimum absolute atomic E-state index is 0.194. The summed E-state index contributed by atoms with van der Waals surface area (Å²) in [5.74, 6) is -1.55. The first-order valence-electron chi connectivity index (χ1n) is 4.04. The van der Waals surface area contributed by atoms with Crippen molar-refractivity contribution in [1.82, 2.24) is 10.6 Å². The molecule has 0 saturated heterocycles. The van der Waals surface area contributed by atoms with Crippen molar-refractivity contribution in [1.29, 1.82) is 0 Å². The maximum Gasteiger partial charge on any atom is 0.323 e. The van der Waals surface area contributed by atoms with Crippen LogP contribution in [0.15, 0.2) is 0 Å². The van der Waals surface area contributed by atoms with Crippen molar-refractivity contribution in [3.8, 4) is 0 Å². The number of nitrogens with two attached hydrogens (primary N) is 1. The molecule has 14 heavy (non-hydrogen) atoms. The molecule has 80 valence electrons. The Kier molecular flexibility index (Phi) is 5.84. The quantitative estimate of drug-likeness (QED) is 0.398. The molecule has 0 saturated carbocycles. The molecule has 0 aromatic rings. The van der Waals surface area contributed by atoms with E-state index in [1.165, 1.54) is 0 Å². The Morgan fingerprint density at radius 1 is 1.21 bits per heavy atom. The Bertz CT molecular complexity index is 229. The third-order valence-corrected chi connectivity index (χ3v) is 1.29. The molecule has 0 radical (unpaired) electrons. The van der Waals surface area contributed by atoms with Gasteiger partial charge in [-0.2, -0.15) is 0 Å². The molecular weight excluding hydrogens is 190 g/mol. The highest BCUT2D eigenvalue weighted by molar-refractivity contribution is 5.79. The summed E-state index contributed by atoms with van der Waals surface area (Å²) >= 11 is 0. The minimum Gasteiger partial charge on any atom is -0.480 e. The summed E-state index contributed by atoms with van der Waals surface area (Å²) in [5.41, 5.74) is 4.86. The zero-order chi connectivity index (χ0) is 11.0. The molecule has 0 heterocycles. The van der Waals surface area contributed by atoms with Crippen molar-refractivity contribution in [2.75, 3.05) is 13.1 Å². The molecule has 0 aromatic heterocycles. The number of nitrogens with one attached hydrogen (secondary N) is 2. The number of carbonyl (C=O) groups excluding carboxylic acids is 2. The van der Waals surface area contributed by atoms with Gasteiger partial charge in [0.15, 0.2) is 0 Å². The first-order chi connectivity index (χ1) is 6.52. The van der Waals surface area contributed by atoms with Gasteiger partial charge in [-0.1, -0.05) is 0 Å². The van der Waals surface area contributed by atoms with Crippen LogP contribution in [-0.2, 0) is 9.59 Å². The fraction of sp³-hybridized carbons (Fsp3) is 0.571. The van der Waals surface area contributed by atoms with Crippen molar-refractivity contribution in [2.24, 2.45) is 5.73 Å². The number of primary amides is 1. The third kappa shape index (κ3) is 8.31. The van der Waals surface area contributed by atoms with E-state index >= 15 is 0 Å². The molecule has 0 aromatic carbocycles. The zero-order valence-corrected chi connectivity index (χ0v) is 7.58. The molecule has 0 rings (SSSR count). The van der Waals surface area contributed by atoms with Gasteiger partial charge in [0.2, 0.25) is 5.91 Å². The Morgan fingerprint density at radius 3 is 2.36 bits per heavy atom. The number of urea groups is 1. The molecule has 5 N–H and O–H groups in total. The summed E-state index contributed by atoms with van der Waals surface area (Å²) < 4.78 is 0. The highest BCUT2D eigenvalue weighted by Gasteiger charge is 2.02. The largest absolute Gasteiger partial charge is 0.480 e. The van der Waals surface area contributed by atoms with Crippen molar-refractivity contribution >= 4 is 17.9 Å². The molecule has 0 aliphatic rings. The van der Waals surface area contributed by atoms with E-state index in [0.29, 0.717) is 6.42 Å². The Hall–Kier alpha value is -1.79. The van der Waals surface area contributed by atoms with Crippen LogP contribution in [0.2, 0.25) is 0 Å². The van der Waals surface area contributed by atoms with Gasteiger partial charge in [-0.05, 0) is 6.42 Å². The van der Waals surface area contributed by atoms with Gasteiger partial charge in [0.1, 0.15) is 6.54 Å². The fourth-order valence-corrected chi connectivity index (χ4v) is 0.683. The summed E-state index contributed by atoms with van der Waals surface area (Å²) in [6.45, 7) is -0.143. The van der Waals surface area contributed by atoms with Gasteiger partial charge in [-0.25, -0.2) is 4.79 Å². The van der Waals surface area contributed by atoms with E-state index in [2.05, 4.69) is 10.6 Å². The van der Waals surface area contributed by atoms with Crippen molar-refractivity contribution in [3.63, 3.8) is 0 Å². The second-order valence-electron chi connectivity index (χ2n) is 2.57. The lowest BCUT2D eigenvalue weighted by Crippen LogP contribution is -2.38. The van der Waals surface area contributed by atoms with E-state index in [1.807, 2.05) is 0 Å². The molecule has 0 bridgehead atoms. The predicted octanol–water partition coefficient (Wildman–Crippen LogP) is -1.36. The summed E-state index contributed by atoms with van der Waals surface area (Å²) in [4.78, 5) is 31.1. The zero-order valence-electron chi connectivity index (χ0n) is 7.58. The standard InChI is InChI=1S/C7H13N3O4/c8-5(11)2-1-3-9-7(14)10-4-6(12)13/h1-4H2,(H2,8,11)(H,12,13)(H2,9,10,14). The summed E-state index contributed by atoms with van der Waals surface area (Å²) in [6, 6.07) is -0.572. The molecule has 3 amide bonds. The highest BCUT2D eigenvalue weighted by atomic mass is 16.4. The summed E-state index contributed by atoms with van der Waals surface area (Å²) in [5, 5.41) is 12.7. The fourth-order valence-electron chi connectivity index (χ4n) is 0.683. The second-order valence-corrected chi connectivity index (χ2v) is 2.57. The summed E-state index contributed by atoms with van der Waals surface area (Å²) in [7, 11) is 0. The van der Waals surface area contributed by atoms with E-state index in [-0.39, 0.29) is 13.0 Å². The van der Waals surface area contributed by atoms with Gasteiger partial charge in [0.25, 0.3) is 0 Å². The van der Waals surface area contributed by atoms with Gasteiger partial charge in [-0.15, -0.1) is 0 Å².